The standard InChI is InChI=1S/C21H32N2O3.ClH/c1-3-26-19-6-4-5-18(20(19)24)15-22-11-9-17(10-12-22)21(25)23-13-7-16(2)8-14-23;/h4-6,16-17,24H,3,7-15H2,1-2H3;1H. The Kier molecular flexibility index (Phi) is 8.24. The molecule has 0 unspecified atom stereocenters. The van der Waals surface area contributed by atoms with E-state index < -0.39 is 0 Å². The lowest BCUT2D eigenvalue weighted by molar-refractivity contribution is -0.138. The van der Waals surface area contributed by atoms with Crippen molar-refractivity contribution in [2.24, 2.45) is 11.8 Å². The minimum atomic E-state index is 0. The van der Waals surface area contributed by atoms with Crippen LogP contribution in [0.5, 0.6) is 11.5 Å². The Bertz CT molecular complexity index is 609. The number of nitrogens with zero attached hydrogens (tertiary/aromatic N) is 2. The van der Waals surface area contributed by atoms with Gasteiger partial charge in [0.15, 0.2) is 11.5 Å². The van der Waals surface area contributed by atoms with Crippen molar-refractivity contribution in [3.8, 4) is 11.5 Å². The number of halogens is 1. The summed E-state index contributed by atoms with van der Waals surface area (Å²) in [6, 6.07) is 5.67. The van der Waals surface area contributed by atoms with Gasteiger partial charge in [-0.15, -0.1) is 12.4 Å². The topological polar surface area (TPSA) is 53.0 Å². The minimum Gasteiger partial charge on any atom is -0.504 e. The first-order chi connectivity index (χ1) is 12.6. The van der Waals surface area contributed by atoms with Gasteiger partial charge >= 0.3 is 0 Å². The van der Waals surface area contributed by atoms with Crippen molar-refractivity contribution in [1.82, 2.24) is 9.80 Å². The van der Waals surface area contributed by atoms with Gasteiger partial charge in [-0.2, -0.15) is 0 Å². The van der Waals surface area contributed by atoms with Gasteiger partial charge in [0.1, 0.15) is 0 Å². The van der Waals surface area contributed by atoms with Crippen LogP contribution < -0.4 is 4.74 Å². The molecule has 2 aliphatic rings. The highest BCUT2D eigenvalue weighted by atomic mass is 35.5. The van der Waals surface area contributed by atoms with Crippen LogP contribution in [-0.2, 0) is 11.3 Å². The zero-order valence-corrected chi connectivity index (χ0v) is 17.3. The van der Waals surface area contributed by atoms with Crippen LogP contribution in [0.4, 0.5) is 0 Å². The average Bonchev–Trinajstić information content (AvgIpc) is 2.66. The van der Waals surface area contributed by atoms with Gasteiger partial charge in [-0.25, -0.2) is 0 Å². The van der Waals surface area contributed by atoms with E-state index in [4.69, 9.17) is 4.74 Å². The molecule has 0 aromatic heterocycles. The summed E-state index contributed by atoms with van der Waals surface area (Å²) in [5, 5.41) is 10.4. The van der Waals surface area contributed by atoms with Crippen LogP contribution in [0, 0.1) is 11.8 Å². The van der Waals surface area contributed by atoms with Crippen LogP contribution in [0.15, 0.2) is 18.2 Å². The van der Waals surface area contributed by atoms with E-state index in [0.717, 1.165) is 63.3 Å². The number of ether oxygens (including phenoxy) is 1. The molecule has 5 nitrogen and oxygen atoms in total. The maximum Gasteiger partial charge on any atom is 0.225 e. The number of para-hydroxylation sites is 1. The molecule has 6 heteroatoms. The molecule has 3 rings (SSSR count). The number of phenolic OH excluding ortho intramolecular Hbond substituents is 1. The molecule has 2 saturated heterocycles. The highest BCUT2D eigenvalue weighted by Gasteiger charge is 2.30. The van der Waals surface area contributed by atoms with E-state index in [1.165, 1.54) is 0 Å². The maximum absolute atomic E-state index is 12.7. The third-order valence-electron chi connectivity index (χ3n) is 5.81. The molecule has 1 amide bonds. The lowest BCUT2D eigenvalue weighted by Gasteiger charge is -2.36. The molecule has 0 atom stereocenters. The van der Waals surface area contributed by atoms with Gasteiger partial charge in [0.25, 0.3) is 0 Å². The third kappa shape index (κ3) is 5.52. The number of piperidine rings is 2. The van der Waals surface area contributed by atoms with Crippen LogP contribution in [0.25, 0.3) is 0 Å². The van der Waals surface area contributed by atoms with E-state index in [1.807, 2.05) is 19.1 Å². The summed E-state index contributed by atoms with van der Waals surface area (Å²) in [7, 11) is 0. The zero-order chi connectivity index (χ0) is 18.5. The number of benzene rings is 1. The fraction of sp³-hybridized carbons (Fsp3) is 0.667. The number of likely N-dealkylation sites (tertiary alicyclic amines) is 2. The first-order valence-corrected chi connectivity index (χ1v) is 10.0. The van der Waals surface area contributed by atoms with Gasteiger partial charge in [-0.1, -0.05) is 19.1 Å². The van der Waals surface area contributed by atoms with E-state index in [0.29, 0.717) is 24.8 Å². The molecule has 2 fully saturated rings. The van der Waals surface area contributed by atoms with Crippen LogP contribution in [0.1, 0.15) is 45.1 Å². The van der Waals surface area contributed by atoms with Gasteiger partial charge in [-0.05, 0) is 57.7 Å². The number of carbonyl (C=O) groups is 1. The quantitative estimate of drug-likeness (QED) is 0.824. The number of hydrogen-bond acceptors (Lipinski definition) is 4. The molecule has 1 N–H and O–H groups in total. The van der Waals surface area contributed by atoms with Gasteiger partial charge in [-0.3, -0.25) is 9.69 Å². The fourth-order valence-corrected chi connectivity index (χ4v) is 4.03. The molecule has 0 bridgehead atoms. The van der Waals surface area contributed by atoms with Crippen molar-refractivity contribution < 1.29 is 14.6 Å². The molecular weight excluding hydrogens is 364 g/mol. The number of phenols is 1. The molecule has 1 aromatic carbocycles. The lowest BCUT2D eigenvalue weighted by atomic mass is 9.92. The van der Waals surface area contributed by atoms with Crippen LogP contribution in [-0.4, -0.2) is 53.6 Å². The maximum atomic E-state index is 12.7. The van der Waals surface area contributed by atoms with E-state index in [9.17, 15) is 9.90 Å². The van der Waals surface area contributed by atoms with Crippen molar-refractivity contribution in [2.75, 3.05) is 32.8 Å². The molecular formula is C21H33ClN2O3. The highest BCUT2D eigenvalue weighted by molar-refractivity contribution is 5.85. The number of rotatable bonds is 5. The highest BCUT2D eigenvalue weighted by Crippen LogP contribution is 2.32. The minimum absolute atomic E-state index is 0. The Balaban J connectivity index is 0.00000261. The summed E-state index contributed by atoms with van der Waals surface area (Å²) in [4.78, 5) is 17.2. The molecule has 27 heavy (non-hydrogen) atoms. The second kappa shape index (κ2) is 10.2. The first-order valence-electron chi connectivity index (χ1n) is 10.0. The van der Waals surface area contributed by atoms with Crippen molar-refractivity contribution in [3.63, 3.8) is 0 Å². The molecule has 0 spiro atoms. The largest absolute Gasteiger partial charge is 0.504 e. The second-order valence-corrected chi connectivity index (χ2v) is 7.76. The second-order valence-electron chi connectivity index (χ2n) is 7.76. The van der Waals surface area contributed by atoms with E-state index in [2.05, 4.69) is 16.7 Å². The summed E-state index contributed by atoms with van der Waals surface area (Å²) in [6.07, 6.45) is 4.10. The van der Waals surface area contributed by atoms with Crippen LogP contribution in [0.3, 0.4) is 0 Å². The Hall–Kier alpha value is -1.46. The monoisotopic (exact) mass is 396 g/mol. The third-order valence-corrected chi connectivity index (χ3v) is 5.81. The number of carbonyl (C=O) groups excluding carboxylic acids is 1. The predicted octanol–water partition coefficient (Wildman–Crippen LogP) is 3.68. The van der Waals surface area contributed by atoms with Crippen LogP contribution >= 0.6 is 12.4 Å². The average molecular weight is 397 g/mol. The molecule has 1 aromatic rings. The normalized spacial score (nSPS) is 19.6. The summed E-state index contributed by atoms with van der Waals surface area (Å²) in [5.41, 5.74) is 0.894. The molecule has 152 valence electrons. The van der Waals surface area contributed by atoms with Gasteiger partial charge < -0.3 is 14.7 Å². The fourth-order valence-electron chi connectivity index (χ4n) is 4.03. The number of amides is 1. The molecule has 0 aliphatic carbocycles. The van der Waals surface area contributed by atoms with E-state index >= 15 is 0 Å². The molecule has 0 radical (unpaired) electrons. The van der Waals surface area contributed by atoms with Crippen molar-refractivity contribution in [1.29, 1.82) is 0 Å². The number of aromatic hydroxyl groups is 1. The van der Waals surface area contributed by atoms with E-state index in [1.54, 1.807) is 6.07 Å². The van der Waals surface area contributed by atoms with E-state index in [-0.39, 0.29) is 24.1 Å². The van der Waals surface area contributed by atoms with Gasteiger partial charge in [0.2, 0.25) is 5.91 Å². The summed E-state index contributed by atoms with van der Waals surface area (Å²) < 4.78 is 5.47. The first kappa shape index (κ1) is 21.8. The van der Waals surface area contributed by atoms with Crippen molar-refractivity contribution in [3.05, 3.63) is 23.8 Å². The smallest absolute Gasteiger partial charge is 0.225 e. The van der Waals surface area contributed by atoms with Gasteiger partial charge in [0.05, 0.1) is 6.61 Å². The van der Waals surface area contributed by atoms with Gasteiger partial charge in [0, 0.05) is 31.1 Å². The molecule has 2 heterocycles. The lowest BCUT2D eigenvalue weighted by Crippen LogP contribution is -2.45. The Morgan fingerprint density at radius 3 is 2.44 bits per heavy atom. The van der Waals surface area contributed by atoms with Crippen molar-refractivity contribution >= 4 is 18.3 Å². The predicted molar refractivity (Wildman–Crippen MR) is 110 cm³/mol. The van der Waals surface area contributed by atoms with Crippen LogP contribution in [0.2, 0.25) is 0 Å². The Morgan fingerprint density at radius 2 is 1.81 bits per heavy atom. The zero-order valence-electron chi connectivity index (χ0n) is 16.5. The number of hydrogen-bond donors (Lipinski definition) is 1. The Labute approximate surface area is 169 Å². The summed E-state index contributed by atoms with van der Waals surface area (Å²) >= 11 is 0. The SMILES string of the molecule is CCOc1cccc(CN2CCC(C(=O)N3CCC(C)CC3)CC2)c1O.Cl. The Morgan fingerprint density at radius 1 is 1.15 bits per heavy atom. The molecule has 2 aliphatic heterocycles. The van der Waals surface area contributed by atoms with Crippen molar-refractivity contribution in [2.45, 2.75) is 46.1 Å². The molecule has 0 saturated carbocycles. The summed E-state index contributed by atoms with van der Waals surface area (Å²) in [5.74, 6) is 2.08. The summed E-state index contributed by atoms with van der Waals surface area (Å²) in [6.45, 7) is 9.09.